The van der Waals surface area contributed by atoms with Crippen molar-refractivity contribution in [1.29, 1.82) is 0 Å². The van der Waals surface area contributed by atoms with Crippen LogP contribution < -0.4 is 5.32 Å². The van der Waals surface area contributed by atoms with E-state index in [1.807, 2.05) is 7.05 Å². The van der Waals surface area contributed by atoms with E-state index in [2.05, 4.69) is 20.8 Å². The van der Waals surface area contributed by atoms with E-state index in [-0.39, 0.29) is 11.2 Å². The van der Waals surface area contributed by atoms with E-state index in [0.29, 0.717) is 18.3 Å². The van der Waals surface area contributed by atoms with Crippen molar-refractivity contribution in [2.75, 3.05) is 20.2 Å². The molecule has 96 valence electrons. The molecule has 1 rings (SSSR count). The van der Waals surface area contributed by atoms with Crippen molar-refractivity contribution < 1.29 is 9.53 Å². The molecule has 0 saturated carbocycles. The first-order valence-electron chi connectivity index (χ1n) is 5.43. The average molecular weight is 259 g/mol. The minimum atomic E-state index is -0.311. The summed E-state index contributed by atoms with van der Waals surface area (Å²) in [7, 11) is 1.86. The smallest absolute Gasteiger partial charge is 0.319 e. The Bertz CT molecular complexity index is 357. The SMILES string of the molecule is CCOC(=O)C(C)Sc1nnnn1CCNC. The molecule has 1 unspecified atom stereocenters. The van der Waals surface area contributed by atoms with Gasteiger partial charge in [0.05, 0.1) is 13.2 Å². The summed E-state index contributed by atoms with van der Waals surface area (Å²) in [6.45, 7) is 5.38. The molecule has 1 heterocycles. The van der Waals surface area contributed by atoms with Crippen molar-refractivity contribution in [3.05, 3.63) is 0 Å². The molecule has 0 spiro atoms. The number of likely N-dealkylation sites (N-methyl/N-ethyl adjacent to an activating group) is 1. The third kappa shape index (κ3) is 4.31. The van der Waals surface area contributed by atoms with Gasteiger partial charge >= 0.3 is 5.97 Å². The molecular formula is C9H17N5O2S. The van der Waals surface area contributed by atoms with Gasteiger partial charge in [-0.3, -0.25) is 4.79 Å². The number of rotatable bonds is 7. The standard InChI is InChI=1S/C9H17N5O2S/c1-4-16-8(15)7(2)17-9-11-12-13-14(9)6-5-10-3/h7,10H,4-6H2,1-3H3. The van der Waals surface area contributed by atoms with Crippen LogP contribution >= 0.6 is 11.8 Å². The average Bonchev–Trinajstić information content (AvgIpc) is 2.74. The van der Waals surface area contributed by atoms with Crippen molar-refractivity contribution in [3.8, 4) is 0 Å². The minimum absolute atomic E-state index is 0.249. The molecule has 17 heavy (non-hydrogen) atoms. The van der Waals surface area contributed by atoms with E-state index >= 15 is 0 Å². The summed E-state index contributed by atoms with van der Waals surface area (Å²) in [5, 5.41) is 14.7. The number of esters is 1. The molecule has 0 bridgehead atoms. The zero-order chi connectivity index (χ0) is 12.7. The topological polar surface area (TPSA) is 81.9 Å². The van der Waals surface area contributed by atoms with Gasteiger partial charge in [-0.05, 0) is 31.3 Å². The minimum Gasteiger partial charge on any atom is -0.465 e. The zero-order valence-electron chi connectivity index (χ0n) is 10.2. The Labute approximate surface area is 104 Å². The second kappa shape index (κ2) is 7.23. The van der Waals surface area contributed by atoms with Crippen molar-refractivity contribution in [1.82, 2.24) is 25.5 Å². The number of hydrogen-bond donors (Lipinski definition) is 1. The fraction of sp³-hybridized carbons (Fsp3) is 0.778. The van der Waals surface area contributed by atoms with Crippen molar-refractivity contribution in [3.63, 3.8) is 0 Å². The van der Waals surface area contributed by atoms with Crippen LogP contribution in [-0.2, 0) is 16.1 Å². The first-order chi connectivity index (χ1) is 8.19. The van der Waals surface area contributed by atoms with Gasteiger partial charge in [0, 0.05) is 6.54 Å². The van der Waals surface area contributed by atoms with Gasteiger partial charge in [-0.2, -0.15) is 0 Å². The van der Waals surface area contributed by atoms with Crippen LogP contribution in [0.15, 0.2) is 5.16 Å². The number of thioether (sulfide) groups is 1. The summed E-state index contributed by atoms with van der Waals surface area (Å²) < 4.78 is 6.59. The van der Waals surface area contributed by atoms with Crippen LogP contribution in [0.3, 0.4) is 0 Å². The van der Waals surface area contributed by atoms with E-state index < -0.39 is 0 Å². The molecular weight excluding hydrogens is 242 g/mol. The summed E-state index contributed by atoms with van der Waals surface area (Å²) in [4.78, 5) is 11.5. The van der Waals surface area contributed by atoms with Gasteiger partial charge in [-0.15, -0.1) is 5.10 Å². The molecule has 0 aromatic carbocycles. The zero-order valence-corrected chi connectivity index (χ0v) is 11.0. The number of hydrogen-bond acceptors (Lipinski definition) is 7. The number of aromatic nitrogens is 4. The maximum atomic E-state index is 11.5. The first-order valence-corrected chi connectivity index (χ1v) is 6.31. The van der Waals surface area contributed by atoms with Crippen LogP contribution in [0.1, 0.15) is 13.8 Å². The highest BCUT2D eigenvalue weighted by Gasteiger charge is 2.19. The van der Waals surface area contributed by atoms with Crippen LogP contribution in [0.5, 0.6) is 0 Å². The van der Waals surface area contributed by atoms with Gasteiger partial charge in [0.1, 0.15) is 5.25 Å². The summed E-state index contributed by atoms with van der Waals surface area (Å²) >= 11 is 1.30. The van der Waals surface area contributed by atoms with E-state index in [0.717, 1.165) is 6.54 Å². The number of nitrogens with one attached hydrogen (secondary N) is 1. The Balaban J connectivity index is 2.55. The molecule has 0 fully saturated rings. The Kier molecular flexibility index (Phi) is 5.92. The van der Waals surface area contributed by atoms with E-state index in [9.17, 15) is 4.79 Å². The lowest BCUT2D eigenvalue weighted by Crippen LogP contribution is -2.19. The van der Waals surface area contributed by atoms with Crippen LogP contribution in [0.25, 0.3) is 0 Å². The molecule has 0 radical (unpaired) electrons. The Morgan fingerprint density at radius 3 is 3.06 bits per heavy atom. The molecule has 8 heteroatoms. The molecule has 0 aliphatic rings. The fourth-order valence-electron chi connectivity index (χ4n) is 1.10. The maximum Gasteiger partial charge on any atom is 0.319 e. The highest BCUT2D eigenvalue weighted by Crippen LogP contribution is 2.20. The molecule has 1 aromatic heterocycles. The second-order valence-corrected chi connectivity index (χ2v) is 4.61. The maximum absolute atomic E-state index is 11.5. The lowest BCUT2D eigenvalue weighted by atomic mass is 10.5. The molecule has 1 atom stereocenters. The summed E-state index contributed by atoms with van der Waals surface area (Å²) in [5.74, 6) is -0.249. The highest BCUT2D eigenvalue weighted by molar-refractivity contribution is 8.00. The lowest BCUT2D eigenvalue weighted by Gasteiger charge is -2.09. The predicted octanol–water partition coefficient (Wildman–Crippen LogP) is -0.0638. The Morgan fingerprint density at radius 2 is 2.41 bits per heavy atom. The summed E-state index contributed by atoms with van der Waals surface area (Å²) in [5.41, 5.74) is 0. The Morgan fingerprint density at radius 1 is 1.65 bits per heavy atom. The quantitative estimate of drug-likeness (QED) is 0.542. The lowest BCUT2D eigenvalue weighted by molar-refractivity contribution is -0.142. The molecule has 0 amide bonds. The Hall–Kier alpha value is -1.15. The van der Waals surface area contributed by atoms with Gasteiger partial charge in [0.25, 0.3) is 0 Å². The van der Waals surface area contributed by atoms with Crippen LogP contribution in [0.2, 0.25) is 0 Å². The van der Waals surface area contributed by atoms with Gasteiger partial charge in [0.2, 0.25) is 5.16 Å². The van der Waals surface area contributed by atoms with Crippen molar-refractivity contribution >= 4 is 17.7 Å². The first kappa shape index (κ1) is 13.9. The second-order valence-electron chi connectivity index (χ2n) is 3.30. The fourth-order valence-corrected chi connectivity index (χ4v) is 1.92. The van der Waals surface area contributed by atoms with Gasteiger partial charge in [-0.1, -0.05) is 11.8 Å². The third-order valence-corrected chi connectivity index (χ3v) is 3.02. The van der Waals surface area contributed by atoms with E-state index in [4.69, 9.17) is 4.74 Å². The largest absolute Gasteiger partial charge is 0.465 e. The van der Waals surface area contributed by atoms with E-state index in [1.165, 1.54) is 11.8 Å². The normalized spacial score (nSPS) is 12.4. The number of nitrogens with zero attached hydrogens (tertiary/aromatic N) is 4. The number of ether oxygens (including phenoxy) is 1. The monoisotopic (exact) mass is 259 g/mol. The molecule has 7 nitrogen and oxygen atoms in total. The molecule has 1 N–H and O–H groups in total. The summed E-state index contributed by atoms with van der Waals surface area (Å²) in [6.07, 6.45) is 0. The van der Waals surface area contributed by atoms with Gasteiger partial charge < -0.3 is 10.1 Å². The number of tetrazole rings is 1. The van der Waals surface area contributed by atoms with Crippen LogP contribution in [0, 0.1) is 0 Å². The molecule has 0 aliphatic heterocycles. The third-order valence-electron chi connectivity index (χ3n) is 1.97. The number of carbonyl (C=O) groups excluding carboxylic acids is 1. The number of carbonyl (C=O) groups is 1. The van der Waals surface area contributed by atoms with E-state index in [1.54, 1.807) is 18.5 Å². The van der Waals surface area contributed by atoms with Crippen LogP contribution in [-0.4, -0.2) is 51.6 Å². The predicted molar refractivity (Wildman–Crippen MR) is 63.7 cm³/mol. The van der Waals surface area contributed by atoms with Gasteiger partial charge in [0.15, 0.2) is 0 Å². The van der Waals surface area contributed by atoms with Crippen molar-refractivity contribution in [2.45, 2.75) is 30.8 Å². The van der Waals surface area contributed by atoms with Crippen LogP contribution in [0.4, 0.5) is 0 Å². The van der Waals surface area contributed by atoms with Gasteiger partial charge in [-0.25, -0.2) is 4.68 Å². The summed E-state index contributed by atoms with van der Waals surface area (Å²) in [6, 6.07) is 0. The van der Waals surface area contributed by atoms with Crippen molar-refractivity contribution in [2.24, 2.45) is 0 Å². The molecule has 1 aromatic rings. The highest BCUT2D eigenvalue weighted by atomic mass is 32.2. The molecule has 0 aliphatic carbocycles. The molecule has 0 saturated heterocycles.